The van der Waals surface area contributed by atoms with Crippen molar-refractivity contribution in [1.82, 2.24) is 0 Å². The minimum atomic E-state index is 0.771. The fourth-order valence-electron chi connectivity index (χ4n) is 1.64. The summed E-state index contributed by atoms with van der Waals surface area (Å²) in [5, 5.41) is 0. The SMILES string of the molecule is CCCc1c(N)c(C)c(N)c(C)c1S. The summed E-state index contributed by atoms with van der Waals surface area (Å²) in [6.07, 6.45) is 2.03. The van der Waals surface area contributed by atoms with E-state index in [1.54, 1.807) is 0 Å². The molecule has 0 bridgehead atoms. The molecule has 0 aliphatic heterocycles. The summed E-state index contributed by atoms with van der Waals surface area (Å²) in [7, 11) is 0. The quantitative estimate of drug-likeness (QED) is 0.519. The summed E-state index contributed by atoms with van der Waals surface area (Å²) in [5.74, 6) is 0. The van der Waals surface area contributed by atoms with Gasteiger partial charge < -0.3 is 11.5 Å². The van der Waals surface area contributed by atoms with E-state index in [1.807, 2.05) is 13.8 Å². The van der Waals surface area contributed by atoms with Crippen molar-refractivity contribution in [3.8, 4) is 0 Å². The summed E-state index contributed by atoms with van der Waals surface area (Å²) in [5.41, 5.74) is 16.7. The van der Waals surface area contributed by atoms with E-state index in [9.17, 15) is 0 Å². The maximum absolute atomic E-state index is 6.01. The molecule has 0 atom stereocenters. The van der Waals surface area contributed by atoms with Crippen molar-refractivity contribution < 1.29 is 0 Å². The lowest BCUT2D eigenvalue weighted by molar-refractivity contribution is 0.898. The number of thiol groups is 1. The van der Waals surface area contributed by atoms with Gasteiger partial charge in [-0.3, -0.25) is 0 Å². The second kappa shape index (κ2) is 4.13. The van der Waals surface area contributed by atoms with Gasteiger partial charge in [-0.15, -0.1) is 12.6 Å². The fourth-order valence-corrected chi connectivity index (χ4v) is 1.99. The van der Waals surface area contributed by atoms with Gasteiger partial charge in [-0.05, 0) is 37.0 Å². The highest BCUT2D eigenvalue weighted by Gasteiger charge is 2.12. The molecule has 2 nitrogen and oxygen atoms in total. The van der Waals surface area contributed by atoms with Crippen molar-refractivity contribution in [2.75, 3.05) is 11.5 Å². The van der Waals surface area contributed by atoms with Crippen LogP contribution in [0.2, 0.25) is 0 Å². The van der Waals surface area contributed by atoms with Crippen molar-refractivity contribution in [2.24, 2.45) is 0 Å². The van der Waals surface area contributed by atoms with Crippen LogP contribution in [0.3, 0.4) is 0 Å². The minimum absolute atomic E-state index is 0.771. The van der Waals surface area contributed by atoms with Crippen LogP contribution in [0, 0.1) is 13.8 Å². The van der Waals surface area contributed by atoms with E-state index in [4.69, 9.17) is 11.5 Å². The van der Waals surface area contributed by atoms with Gasteiger partial charge in [0.2, 0.25) is 0 Å². The monoisotopic (exact) mass is 210 g/mol. The Morgan fingerprint density at radius 3 is 2.14 bits per heavy atom. The lowest BCUT2D eigenvalue weighted by atomic mass is 9.98. The Morgan fingerprint density at radius 2 is 1.64 bits per heavy atom. The molecule has 0 fully saturated rings. The first-order valence-electron chi connectivity index (χ1n) is 4.86. The molecule has 0 saturated heterocycles. The van der Waals surface area contributed by atoms with Crippen molar-refractivity contribution in [2.45, 2.75) is 38.5 Å². The third-order valence-electron chi connectivity index (χ3n) is 2.68. The predicted octanol–water partition coefficient (Wildman–Crippen LogP) is 2.71. The van der Waals surface area contributed by atoms with Crippen LogP contribution in [0.5, 0.6) is 0 Å². The summed E-state index contributed by atoms with van der Waals surface area (Å²) in [6.45, 7) is 6.08. The summed E-state index contributed by atoms with van der Waals surface area (Å²) >= 11 is 4.47. The van der Waals surface area contributed by atoms with E-state index in [1.165, 1.54) is 0 Å². The van der Waals surface area contributed by atoms with Crippen molar-refractivity contribution in [3.63, 3.8) is 0 Å². The van der Waals surface area contributed by atoms with Crippen LogP contribution < -0.4 is 11.5 Å². The minimum Gasteiger partial charge on any atom is -0.398 e. The Kier molecular flexibility index (Phi) is 3.32. The standard InChI is InChI=1S/C11H18N2S/c1-4-5-8-10(13)6(2)9(12)7(3)11(8)14/h14H,4-5,12-13H2,1-3H3. The van der Waals surface area contributed by atoms with Crippen LogP contribution in [0.25, 0.3) is 0 Å². The number of nitrogen functional groups attached to an aromatic ring is 2. The average Bonchev–Trinajstić information content (AvgIpc) is 2.19. The Labute approximate surface area is 91.1 Å². The Morgan fingerprint density at radius 1 is 1.07 bits per heavy atom. The largest absolute Gasteiger partial charge is 0.398 e. The molecular formula is C11H18N2S. The van der Waals surface area contributed by atoms with E-state index in [0.29, 0.717) is 0 Å². The smallest absolute Gasteiger partial charge is 0.0408 e. The van der Waals surface area contributed by atoms with Crippen molar-refractivity contribution >= 4 is 24.0 Å². The third kappa shape index (κ3) is 1.69. The number of hydrogen-bond donors (Lipinski definition) is 3. The first-order chi connectivity index (χ1) is 6.50. The van der Waals surface area contributed by atoms with E-state index < -0.39 is 0 Å². The Bertz CT molecular complexity index is 330. The Hall–Kier alpha value is -0.830. The summed E-state index contributed by atoms with van der Waals surface area (Å²) in [6, 6.07) is 0. The second-order valence-electron chi connectivity index (χ2n) is 3.65. The normalized spacial score (nSPS) is 10.6. The van der Waals surface area contributed by atoms with Gasteiger partial charge in [0.25, 0.3) is 0 Å². The van der Waals surface area contributed by atoms with Gasteiger partial charge >= 0.3 is 0 Å². The second-order valence-corrected chi connectivity index (χ2v) is 4.10. The van der Waals surface area contributed by atoms with Gasteiger partial charge in [0.15, 0.2) is 0 Å². The van der Waals surface area contributed by atoms with Crippen LogP contribution in [0.4, 0.5) is 11.4 Å². The topological polar surface area (TPSA) is 52.0 Å². The molecule has 0 spiro atoms. The molecular weight excluding hydrogens is 192 g/mol. The van der Waals surface area contributed by atoms with Gasteiger partial charge in [0.05, 0.1) is 0 Å². The number of hydrogen-bond acceptors (Lipinski definition) is 3. The van der Waals surface area contributed by atoms with Crippen LogP contribution >= 0.6 is 12.6 Å². The molecule has 0 aliphatic rings. The van der Waals surface area contributed by atoms with Gasteiger partial charge in [-0.2, -0.15) is 0 Å². The maximum atomic E-state index is 6.01. The van der Waals surface area contributed by atoms with Crippen LogP contribution in [-0.2, 0) is 6.42 Å². The lowest BCUT2D eigenvalue weighted by Gasteiger charge is -2.16. The molecule has 1 aromatic carbocycles. The Balaban J connectivity index is 3.43. The van der Waals surface area contributed by atoms with Crippen molar-refractivity contribution in [1.29, 1.82) is 0 Å². The third-order valence-corrected chi connectivity index (χ3v) is 3.28. The molecule has 0 radical (unpaired) electrons. The first kappa shape index (κ1) is 11.2. The van der Waals surface area contributed by atoms with Crippen LogP contribution in [0.15, 0.2) is 4.90 Å². The molecule has 0 saturated carbocycles. The molecule has 14 heavy (non-hydrogen) atoms. The van der Waals surface area contributed by atoms with Gasteiger partial charge in [-0.25, -0.2) is 0 Å². The van der Waals surface area contributed by atoms with Crippen LogP contribution in [0.1, 0.15) is 30.0 Å². The molecule has 3 heteroatoms. The van der Waals surface area contributed by atoms with Crippen LogP contribution in [-0.4, -0.2) is 0 Å². The summed E-state index contributed by atoms with van der Waals surface area (Å²) in [4.78, 5) is 0.951. The molecule has 0 heterocycles. The molecule has 0 unspecified atom stereocenters. The maximum Gasteiger partial charge on any atom is 0.0408 e. The molecule has 0 aromatic heterocycles. The number of anilines is 2. The van der Waals surface area contributed by atoms with Crippen molar-refractivity contribution in [3.05, 3.63) is 16.7 Å². The van der Waals surface area contributed by atoms with E-state index in [-0.39, 0.29) is 0 Å². The van der Waals surface area contributed by atoms with E-state index >= 15 is 0 Å². The highest BCUT2D eigenvalue weighted by molar-refractivity contribution is 7.80. The molecule has 4 N–H and O–H groups in total. The zero-order valence-electron chi connectivity index (χ0n) is 9.02. The molecule has 1 rings (SSSR count). The molecule has 0 amide bonds. The highest BCUT2D eigenvalue weighted by atomic mass is 32.1. The number of rotatable bonds is 2. The molecule has 78 valence electrons. The number of nitrogens with two attached hydrogens (primary N) is 2. The van der Waals surface area contributed by atoms with Gasteiger partial charge in [0, 0.05) is 16.3 Å². The van der Waals surface area contributed by atoms with E-state index in [0.717, 1.165) is 45.8 Å². The zero-order chi connectivity index (χ0) is 10.9. The van der Waals surface area contributed by atoms with E-state index in [2.05, 4.69) is 19.6 Å². The van der Waals surface area contributed by atoms with Gasteiger partial charge in [0.1, 0.15) is 0 Å². The molecule has 1 aromatic rings. The first-order valence-corrected chi connectivity index (χ1v) is 5.31. The summed E-state index contributed by atoms with van der Waals surface area (Å²) < 4.78 is 0. The van der Waals surface area contributed by atoms with Gasteiger partial charge in [-0.1, -0.05) is 13.3 Å². The lowest BCUT2D eigenvalue weighted by Crippen LogP contribution is -2.05. The predicted molar refractivity (Wildman–Crippen MR) is 66.0 cm³/mol. The zero-order valence-corrected chi connectivity index (χ0v) is 9.91. The number of benzene rings is 1. The average molecular weight is 210 g/mol. The highest BCUT2D eigenvalue weighted by Crippen LogP contribution is 2.34. The molecule has 0 aliphatic carbocycles. The fraction of sp³-hybridized carbons (Fsp3) is 0.455.